The van der Waals surface area contributed by atoms with Crippen molar-refractivity contribution in [1.82, 2.24) is 0 Å². The number of hydrogen-bond donors (Lipinski definition) is 1. The minimum absolute atomic E-state index is 0.0162. The van der Waals surface area contributed by atoms with E-state index < -0.39 is 0 Å². The first-order chi connectivity index (χ1) is 13.3. The minimum Gasteiger partial charge on any atom is -0.393 e. The highest BCUT2D eigenvalue weighted by atomic mass is 16.3. The third kappa shape index (κ3) is 3.32. The molecule has 10 atom stereocenters. The molecule has 0 aromatic rings. The fourth-order valence-electron chi connectivity index (χ4n) is 8.77. The van der Waals surface area contributed by atoms with Crippen LogP contribution in [0.1, 0.15) is 98.8 Å². The predicted molar refractivity (Wildman–Crippen MR) is 119 cm³/mol. The first-order valence-electron chi connectivity index (χ1n) is 12.7. The summed E-state index contributed by atoms with van der Waals surface area (Å²) in [6.07, 6.45) is 18.4. The molecule has 1 nitrogen and oxygen atoms in total. The van der Waals surface area contributed by atoms with Crippen molar-refractivity contribution in [3.63, 3.8) is 0 Å². The molecule has 4 rings (SSSR count). The van der Waals surface area contributed by atoms with Gasteiger partial charge in [-0.25, -0.2) is 0 Å². The van der Waals surface area contributed by atoms with Gasteiger partial charge in [-0.3, -0.25) is 0 Å². The van der Waals surface area contributed by atoms with E-state index >= 15 is 0 Å². The summed E-state index contributed by atoms with van der Waals surface area (Å²) in [4.78, 5) is 0. The Balaban J connectivity index is 1.51. The standard InChI is InChI=1S/C27H46O/c1-6-18(2)7-8-19(3)23-11-12-24-22-10-9-20-17-21(28)13-15-26(20,4)25(22)14-16-27(23,24)5/h7-8,18-25,28H,6,9-17H2,1-5H3/b8-7+/t18-,19-,20+,21+,22+,23-,24+,25+,26+,27-/m1/s1. The van der Waals surface area contributed by atoms with Crippen molar-refractivity contribution in [2.45, 2.75) is 105 Å². The van der Waals surface area contributed by atoms with Crippen molar-refractivity contribution < 1.29 is 5.11 Å². The largest absolute Gasteiger partial charge is 0.393 e. The summed E-state index contributed by atoms with van der Waals surface area (Å²) < 4.78 is 0. The molecule has 4 aliphatic carbocycles. The van der Waals surface area contributed by atoms with Crippen LogP contribution in [0.5, 0.6) is 0 Å². The molecule has 4 saturated carbocycles. The van der Waals surface area contributed by atoms with E-state index in [2.05, 4.69) is 46.8 Å². The number of aliphatic hydroxyl groups is 1. The van der Waals surface area contributed by atoms with Crippen molar-refractivity contribution in [2.75, 3.05) is 0 Å². The van der Waals surface area contributed by atoms with Crippen LogP contribution in [0, 0.1) is 52.3 Å². The van der Waals surface area contributed by atoms with Crippen LogP contribution in [-0.2, 0) is 0 Å². The molecule has 1 heteroatoms. The molecular formula is C27H46O. The van der Waals surface area contributed by atoms with Crippen LogP contribution in [0.2, 0.25) is 0 Å². The minimum atomic E-state index is -0.0162. The van der Waals surface area contributed by atoms with Gasteiger partial charge in [-0.05, 0) is 110 Å². The maximum absolute atomic E-state index is 10.2. The molecule has 0 amide bonds. The van der Waals surface area contributed by atoms with E-state index in [0.29, 0.717) is 10.8 Å². The van der Waals surface area contributed by atoms with Crippen LogP contribution in [0.25, 0.3) is 0 Å². The summed E-state index contributed by atoms with van der Waals surface area (Å²) in [5, 5.41) is 10.2. The molecule has 0 radical (unpaired) electrons. The Morgan fingerprint density at radius 1 is 0.893 bits per heavy atom. The maximum Gasteiger partial charge on any atom is 0.0543 e. The van der Waals surface area contributed by atoms with Crippen LogP contribution in [0.3, 0.4) is 0 Å². The Hall–Kier alpha value is -0.300. The molecule has 0 aromatic heterocycles. The summed E-state index contributed by atoms with van der Waals surface area (Å²) >= 11 is 0. The molecule has 4 fully saturated rings. The molecule has 0 aromatic carbocycles. The molecule has 160 valence electrons. The second-order valence-corrected chi connectivity index (χ2v) is 11.9. The van der Waals surface area contributed by atoms with Crippen molar-refractivity contribution in [3.05, 3.63) is 12.2 Å². The first kappa shape index (κ1) is 21.0. The van der Waals surface area contributed by atoms with Gasteiger partial charge in [-0.1, -0.05) is 53.2 Å². The van der Waals surface area contributed by atoms with Gasteiger partial charge < -0.3 is 5.11 Å². The van der Waals surface area contributed by atoms with E-state index in [-0.39, 0.29) is 6.10 Å². The van der Waals surface area contributed by atoms with Crippen LogP contribution in [-0.4, -0.2) is 11.2 Å². The number of hydrogen-bond acceptors (Lipinski definition) is 1. The highest BCUT2D eigenvalue weighted by molar-refractivity contribution is 5.11. The van der Waals surface area contributed by atoms with Gasteiger partial charge in [-0.15, -0.1) is 0 Å². The Morgan fingerprint density at radius 2 is 1.61 bits per heavy atom. The third-order valence-corrected chi connectivity index (χ3v) is 10.7. The summed E-state index contributed by atoms with van der Waals surface area (Å²) in [5.41, 5.74) is 1.08. The Labute approximate surface area is 174 Å². The number of allylic oxidation sites excluding steroid dienone is 2. The lowest BCUT2D eigenvalue weighted by Crippen LogP contribution is -2.54. The Kier molecular flexibility index (Phi) is 5.80. The van der Waals surface area contributed by atoms with E-state index in [4.69, 9.17) is 0 Å². The molecule has 0 saturated heterocycles. The summed E-state index contributed by atoms with van der Waals surface area (Å²) in [5.74, 6) is 5.99. The zero-order valence-corrected chi connectivity index (χ0v) is 19.3. The summed E-state index contributed by atoms with van der Waals surface area (Å²) in [7, 11) is 0. The third-order valence-electron chi connectivity index (χ3n) is 10.7. The normalized spacial score (nSPS) is 50.6. The van der Waals surface area contributed by atoms with Gasteiger partial charge in [0.25, 0.3) is 0 Å². The molecule has 4 aliphatic rings. The van der Waals surface area contributed by atoms with E-state index in [1.807, 2.05) is 0 Å². The average molecular weight is 387 g/mol. The van der Waals surface area contributed by atoms with Crippen molar-refractivity contribution >= 4 is 0 Å². The molecule has 0 aliphatic heterocycles. The Bertz CT molecular complexity index is 581. The lowest BCUT2D eigenvalue weighted by atomic mass is 9.44. The zero-order chi connectivity index (χ0) is 20.1. The Morgan fingerprint density at radius 3 is 2.36 bits per heavy atom. The molecule has 28 heavy (non-hydrogen) atoms. The molecule has 0 bridgehead atoms. The van der Waals surface area contributed by atoms with Crippen LogP contribution < -0.4 is 0 Å². The second kappa shape index (κ2) is 7.75. The lowest BCUT2D eigenvalue weighted by Gasteiger charge is -2.61. The van der Waals surface area contributed by atoms with Gasteiger partial charge in [0.05, 0.1) is 6.10 Å². The van der Waals surface area contributed by atoms with Gasteiger partial charge in [0.2, 0.25) is 0 Å². The highest BCUT2D eigenvalue weighted by Gasteiger charge is 2.60. The number of rotatable bonds is 4. The lowest BCUT2D eigenvalue weighted by molar-refractivity contribution is -0.128. The second-order valence-electron chi connectivity index (χ2n) is 11.9. The fraction of sp³-hybridized carbons (Fsp3) is 0.926. The van der Waals surface area contributed by atoms with Crippen molar-refractivity contribution in [3.8, 4) is 0 Å². The van der Waals surface area contributed by atoms with Gasteiger partial charge >= 0.3 is 0 Å². The number of aliphatic hydroxyl groups excluding tert-OH is 1. The van der Waals surface area contributed by atoms with Gasteiger partial charge in [0.1, 0.15) is 0 Å². The van der Waals surface area contributed by atoms with Gasteiger partial charge in [-0.2, -0.15) is 0 Å². The SMILES string of the molecule is CC[C@@H](C)/C=C/[C@@H](C)[C@H]1CC[C@H]2[C@@H]3CC[C@H]4C[C@@H](O)CC[C@]4(C)[C@H]3CC[C@]12C. The van der Waals surface area contributed by atoms with Gasteiger partial charge in [0, 0.05) is 0 Å². The van der Waals surface area contributed by atoms with E-state index in [1.165, 1.54) is 51.4 Å². The van der Waals surface area contributed by atoms with Crippen molar-refractivity contribution in [1.29, 1.82) is 0 Å². The molecular weight excluding hydrogens is 340 g/mol. The molecule has 0 unspecified atom stereocenters. The van der Waals surface area contributed by atoms with E-state index in [9.17, 15) is 5.11 Å². The molecule has 1 N–H and O–H groups in total. The van der Waals surface area contributed by atoms with Crippen LogP contribution in [0.15, 0.2) is 12.2 Å². The average Bonchev–Trinajstić information content (AvgIpc) is 3.03. The highest BCUT2D eigenvalue weighted by Crippen LogP contribution is 2.68. The van der Waals surface area contributed by atoms with E-state index in [0.717, 1.165) is 54.3 Å². The van der Waals surface area contributed by atoms with E-state index in [1.54, 1.807) is 0 Å². The molecule has 0 heterocycles. The molecule has 0 spiro atoms. The predicted octanol–water partition coefficient (Wildman–Crippen LogP) is 7.24. The topological polar surface area (TPSA) is 20.2 Å². The fourth-order valence-corrected chi connectivity index (χ4v) is 8.77. The monoisotopic (exact) mass is 386 g/mol. The van der Waals surface area contributed by atoms with Gasteiger partial charge in [0.15, 0.2) is 0 Å². The first-order valence-corrected chi connectivity index (χ1v) is 12.7. The summed E-state index contributed by atoms with van der Waals surface area (Å²) in [6, 6.07) is 0. The van der Waals surface area contributed by atoms with Crippen LogP contribution >= 0.6 is 0 Å². The summed E-state index contributed by atoms with van der Waals surface area (Å²) in [6.45, 7) is 12.5. The maximum atomic E-state index is 10.2. The van der Waals surface area contributed by atoms with Crippen molar-refractivity contribution in [2.24, 2.45) is 52.3 Å². The zero-order valence-electron chi connectivity index (χ0n) is 19.3. The van der Waals surface area contributed by atoms with Crippen LogP contribution in [0.4, 0.5) is 0 Å². The smallest absolute Gasteiger partial charge is 0.0543 e. The quantitative estimate of drug-likeness (QED) is 0.505. The number of fused-ring (bicyclic) bond motifs is 5.